The lowest BCUT2D eigenvalue weighted by molar-refractivity contribution is 0.0519. The molecule has 1 heterocycles. The Kier molecular flexibility index (Phi) is 4.70. The maximum atomic E-state index is 12.1. The number of aliphatic hydroxyl groups excluding tert-OH is 1. The van der Waals surface area contributed by atoms with E-state index in [1.807, 2.05) is 24.3 Å². The zero-order valence-corrected chi connectivity index (χ0v) is 12.4. The van der Waals surface area contributed by atoms with E-state index in [-0.39, 0.29) is 12.3 Å². The van der Waals surface area contributed by atoms with Crippen molar-refractivity contribution in [3.8, 4) is 0 Å². The zero-order valence-electron chi connectivity index (χ0n) is 12.4. The van der Waals surface area contributed by atoms with Gasteiger partial charge in [-0.1, -0.05) is 18.2 Å². The Bertz CT molecular complexity index is 643. The standard InChI is InChI=1S/C15H19N3O3/c1-4-21-15(20)13-14(18(3)9-10(2)19)11-7-5-6-8-12(11)16-17-13/h5-8,10,19H,4,9H2,1-3H3. The number of benzene rings is 1. The molecule has 2 rings (SSSR count). The lowest BCUT2D eigenvalue weighted by Crippen LogP contribution is -2.29. The van der Waals surface area contributed by atoms with E-state index in [0.717, 1.165) is 5.39 Å². The number of ether oxygens (including phenoxy) is 1. The number of hydrogen-bond donors (Lipinski definition) is 1. The molecule has 0 aliphatic carbocycles. The van der Waals surface area contributed by atoms with Crippen LogP contribution in [0.3, 0.4) is 0 Å². The molecule has 21 heavy (non-hydrogen) atoms. The van der Waals surface area contributed by atoms with Crippen molar-refractivity contribution in [2.24, 2.45) is 0 Å². The molecule has 6 nitrogen and oxygen atoms in total. The van der Waals surface area contributed by atoms with Gasteiger partial charge < -0.3 is 14.7 Å². The fourth-order valence-electron chi connectivity index (χ4n) is 2.25. The van der Waals surface area contributed by atoms with Gasteiger partial charge in [-0.25, -0.2) is 4.79 Å². The maximum Gasteiger partial charge on any atom is 0.361 e. The van der Waals surface area contributed by atoms with E-state index in [4.69, 9.17) is 4.74 Å². The molecule has 1 N–H and O–H groups in total. The molecule has 112 valence electrons. The van der Waals surface area contributed by atoms with Crippen LogP contribution in [0.5, 0.6) is 0 Å². The third-order valence-electron chi connectivity index (χ3n) is 3.03. The quantitative estimate of drug-likeness (QED) is 0.843. The molecule has 0 aliphatic rings. The average Bonchev–Trinajstić information content (AvgIpc) is 2.45. The zero-order chi connectivity index (χ0) is 15.4. The van der Waals surface area contributed by atoms with Crippen LogP contribution in [0.2, 0.25) is 0 Å². The van der Waals surface area contributed by atoms with Crippen LogP contribution in [0.4, 0.5) is 5.69 Å². The number of anilines is 1. The fourth-order valence-corrected chi connectivity index (χ4v) is 2.25. The summed E-state index contributed by atoms with van der Waals surface area (Å²) in [4.78, 5) is 13.9. The number of likely N-dealkylation sites (N-methyl/N-ethyl adjacent to an activating group) is 1. The van der Waals surface area contributed by atoms with Crippen molar-refractivity contribution in [3.05, 3.63) is 30.0 Å². The van der Waals surface area contributed by atoms with Crippen molar-refractivity contribution in [1.29, 1.82) is 0 Å². The summed E-state index contributed by atoms with van der Waals surface area (Å²) in [6.45, 7) is 4.08. The second-order valence-electron chi connectivity index (χ2n) is 4.86. The van der Waals surface area contributed by atoms with Gasteiger partial charge in [-0.3, -0.25) is 0 Å². The molecule has 0 amide bonds. The summed E-state index contributed by atoms with van der Waals surface area (Å²) >= 11 is 0. The number of nitrogens with zero attached hydrogens (tertiary/aromatic N) is 3. The number of carbonyl (C=O) groups excluding carboxylic acids is 1. The summed E-state index contributed by atoms with van der Waals surface area (Å²) in [5, 5.41) is 18.5. The monoisotopic (exact) mass is 289 g/mol. The van der Waals surface area contributed by atoms with Crippen LogP contribution in [0.25, 0.3) is 10.9 Å². The summed E-state index contributed by atoms with van der Waals surface area (Å²) in [6.07, 6.45) is -0.531. The Hall–Kier alpha value is -2.21. The predicted octanol–water partition coefficient (Wildman–Crippen LogP) is 1.62. The van der Waals surface area contributed by atoms with E-state index < -0.39 is 12.1 Å². The van der Waals surface area contributed by atoms with E-state index in [9.17, 15) is 9.90 Å². The molecule has 0 saturated carbocycles. The van der Waals surface area contributed by atoms with Crippen molar-refractivity contribution in [2.75, 3.05) is 25.1 Å². The molecule has 1 aromatic heterocycles. The Balaban J connectivity index is 2.59. The molecule has 1 aromatic carbocycles. The topological polar surface area (TPSA) is 75.5 Å². The van der Waals surface area contributed by atoms with Crippen molar-refractivity contribution >= 4 is 22.6 Å². The molecule has 0 radical (unpaired) electrons. The summed E-state index contributed by atoms with van der Waals surface area (Å²) < 4.78 is 5.04. The average molecular weight is 289 g/mol. The number of aromatic nitrogens is 2. The molecule has 0 spiro atoms. The lowest BCUT2D eigenvalue weighted by Gasteiger charge is -2.23. The Labute approximate surface area is 123 Å². The number of carbonyl (C=O) groups is 1. The third-order valence-corrected chi connectivity index (χ3v) is 3.03. The largest absolute Gasteiger partial charge is 0.461 e. The summed E-state index contributed by atoms with van der Waals surface area (Å²) in [5.74, 6) is -0.511. The minimum absolute atomic E-state index is 0.165. The SMILES string of the molecule is CCOC(=O)c1nnc2ccccc2c1N(C)CC(C)O. The van der Waals surface area contributed by atoms with Gasteiger partial charge in [-0.2, -0.15) is 0 Å². The Morgan fingerprint density at radius 1 is 1.38 bits per heavy atom. The van der Waals surface area contributed by atoms with Crippen molar-refractivity contribution in [1.82, 2.24) is 10.2 Å². The van der Waals surface area contributed by atoms with Crippen LogP contribution in [0.1, 0.15) is 24.3 Å². The van der Waals surface area contributed by atoms with Crippen LogP contribution in [-0.2, 0) is 4.74 Å². The highest BCUT2D eigenvalue weighted by molar-refractivity contribution is 6.03. The van der Waals surface area contributed by atoms with Crippen LogP contribution in [0.15, 0.2) is 24.3 Å². The van der Waals surface area contributed by atoms with Crippen LogP contribution >= 0.6 is 0 Å². The van der Waals surface area contributed by atoms with E-state index in [1.54, 1.807) is 25.8 Å². The van der Waals surface area contributed by atoms with E-state index in [2.05, 4.69) is 10.2 Å². The minimum atomic E-state index is -0.531. The molecule has 0 aliphatic heterocycles. The minimum Gasteiger partial charge on any atom is -0.461 e. The Morgan fingerprint density at radius 3 is 2.76 bits per heavy atom. The second-order valence-corrected chi connectivity index (χ2v) is 4.86. The van der Waals surface area contributed by atoms with Crippen molar-refractivity contribution in [2.45, 2.75) is 20.0 Å². The van der Waals surface area contributed by atoms with Gasteiger partial charge in [-0.15, -0.1) is 10.2 Å². The first-order valence-corrected chi connectivity index (χ1v) is 6.86. The number of aliphatic hydroxyl groups is 1. The normalized spacial score (nSPS) is 12.2. The summed E-state index contributed by atoms with van der Waals surface area (Å²) in [7, 11) is 1.80. The predicted molar refractivity (Wildman–Crippen MR) is 80.4 cm³/mol. The number of hydrogen-bond acceptors (Lipinski definition) is 6. The summed E-state index contributed by atoms with van der Waals surface area (Å²) in [6, 6.07) is 7.44. The molecule has 1 atom stereocenters. The number of esters is 1. The number of rotatable bonds is 5. The first kappa shape index (κ1) is 15.2. The van der Waals surface area contributed by atoms with Gasteiger partial charge in [0.25, 0.3) is 0 Å². The molecule has 0 saturated heterocycles. The van der Waals surface area contributed by atoms with Crippen LogP contribution in [0, 0.1) is 0 Å². The van der Waals surface area contributed by atoms with Gasteiger partial charge >= 0.3 is 5.97 Å². The first-order chi connectivity index (χ1) is 10.0. The molecule has 2 aromatic rings. The molecule has 6 heteroatoms. The molecule has 1 unspecified atom stereocenters. The van der Waals surface area contributed by atoms with Crippen LogP contribution < -0.4 is 4.90 Å². The van der Waals surface area contributed by atoms with Gasteiger partial charge in [0.15, 0.2) is 5.69 Å². The fraction of sp³-hybridized carbons (Fsp3) is 0.400. The van der Waals surface area contributed by atoms with Crippen molar-refractivity contribution < 1.29 is 14.6 Å². The Morgan fingerprint density at radius 2 is 2.10 bits per heavy atom. The second kappa shape index (κ2) is 6.49. The summed E-state index contributed by atoms with van der Waals surface area (Å²) in [5.41, 5.74) is 1.48. The molecular weight excluding hydrogens is 270 g/mol. The molecular formula is C15H19N3O3. The highest BCUT2D eigenvalue weighted by Crippen LogP contribution is 2.28. The van der Waals surface area contributed by atoms with Gasteiger partial charge in [-0.05, 0) is 19.9 Å². The van der Waals surface area contributed by atoms with Crippen LogP contribution in [-0.4, -0.2) is 47.6 Å². The highest BCUT2D eigenvalue weighted by atomic mass is 16.5. The van der Waals surface area contributed by atoms with E-state index in [1.165, 1.54) is 0 Å². The maximum absolute atomic E-state index is 12.1. The van der Waals surface area contributed by atoms with Gasteiger partial charge in [0.05, 0.1) is 23.9 Å². The highest BCUT2D eigenvalue weighted by Gasteiger charge is 2.22. The van der Waals surface area contributed by atoms with Crippen molar-refractivity contribution in [3.63, 3.8) is 0 Å². The first-order valence-electron chi connectivity index (χ1n) is 6.86. The van der Waals surface area contributed by atoms with Gasteiger partial charge in [0.1, 0.15) is 0 Å². The van der Waals surface area contributed by atoms with Gasteiger partial charge in [0.2, 0.25) is 0 Å². The van der Waals surface area contributed by atoms with E-state index >= 15 is 0 Å². The lowest BCUT2D eigenvalue weighted by atomic mass is 10.1. The van der Waals surface area contributed by atoms with Gasteiger partial charge in [0, 0.05) is 19.0 Å². The molecule has 0 fully saturated rings. The molecule has 0 bridgehead atoms. The third kappa shape index (κ3) is 3.28. The van der Waals surface area contributed by atoms with E-state index in [0.29, 0.717) is 17.7 Å². The number of fused-ring (bicyclic) bond motifs is 1. The smallest absolute Gasteiger partial charge is 0.361 e.